The van der Waals surface area contributed by atoms with Crippen molar-refractivity contribution in [1.82, 2.24) is 20.0 Å². The standard InChI is InChI=1S/C13H23N5O.2ClH/c1-14-5-3-4-13(19)18-8-6-17(7-9-18)12-10-15-16(2)11-12;;/h10-11,14H,3-9H2,1-2H3;2*1H. The van der Waals surface area contributed by atoms with E-state index in [1.165, 1.54) is 0 Å². The van der Waals surface area contributed by atoms with Gasteiger partial charge in [-0.25, -0.2) is 0 Å². The van der Waals surface area contributed by atoms with E-state index in [1.807, 2.05) is 36.1 Å². The summed E-state index contributed by atoms with van der Waals surface area (Å²) in [5, 5.41) is 7.25. The molecule has 1 aromatic heterocycles. The van der Waals surface area contributed by atoms with Crippen molar-refractivity contribution in [3.05, 3.63) is 12.4 Å². The number of amides is 1. The van der Waals surface area contributed by atoms with Crippen LogP contribution in [-0.2, 0) is 11.8 Å². The highest BCUT2D eigenvalue weighted by atomic mass is 35.5. The molecule has 1 aromatic rings. The second kappa shape index (κ2) is 9.87. The fourth-order valence-electron chi connectivity index (χ4n) is 2.36. The van der Waals surface area contributed by atoms with Crippen LogP contribution in [0, 0.1) is 0 Å². The number of anilines is 1. The average molecular weight is 338 g/mol. The second-order valence-electron chi connectivity index (χ2n) is 4.95. The van der Waals surface area contributed by atoms with Crippen molar-refractivity contribution in [2.45, 2.75) is 12.8 Å². The van der Waals surface area contributed by atoms with Gasteiger partial charge in [-0.15, -0.1) is 24.8 Å². The van der Waals surface area contributed by atoms with Gasteiger partial charge in [0.1, 0.15) is 0 Å². The van der Waals surface area contributed by atoms with E-state index in [4.69, 9.17) is 0 Å². The lowest BCUT2D eigenvalue weighted by atomic mass is 10.2. The predicted octanol–water partition coefficient (Wildman–Crippen LogP) is 0.912. The van der Waals surface area contributed by atoms with Crippen LogP contribution in [0.15, 0.2) is 12.4 Å². The summed E-state index contributed by atoms with van der Waals surface area (Å²) in [4.78, 5) is 16.2. The lowest BCUT2D eigenvalue weighted by molar-refractivity contribution is -0.131. The topological polar surface area (TPSA) is 53.4 Å². The van der Waals surface area contributed by atoms with Crippen LogP contribution in [0.2, 0.25) is 0 Å². The van der Waals surface area contributed by atoms with Crippen LogP contribution < -0.4 is 10.2 Å². The molecule has 0 radical (unpaired) electrons. The maximum atomic E-state index is 12.0. The van der Waals surface area contributed by atoms with Crippen molar-refractivity contribution >= 4 is 36.4 Å². The van der Waals surface area contributed by atoms with Gasteiger partial charge in [0.25, 0.3) is 0 Å². The summed E-state index contributed by atoms with van der Waals surface area (Å²) in [5.41, 5.74) is 1.14. The minimum atomic E-state index is 0. The van der Waals surface area contributed by atoms with Gasteiger partial charge in [0, 0.05) is 45.8 Å². The minimum Gasteiger partial charge on any atom is -0.365 e. The largest absolute Gasteiger partial charge is 0.365 e. The van der Waals surface area contributed by atoms with Crippen molar-refractivity contribution < 1.29 is 4.79 Å². The van der Waals surface area contributed by atoms with Crippen molar-refractivity contribution in [2.24, 2.45) is 7.05 Å². The van der Waals surface area contributed by atoms with Gasteiger partial charge in [0.15, 0.2) is 0 Å². The van der Waals surface area contributed by atoms with Gasteiger partial charge in [0.2, 0.25) is 5.91 Å². The molecule has 1 fully saturated rings. The van der Waals surface area contributed by atoms with Crippen LogP contribution in [0.3, 0.4) is 0 Å². The number of hydrogen-bond donors (Lipinski definition) is 1. The Bertz CT molecular complexity index is 418. The third-order valence-electron chi connectivity index (χ3n) is 3.51. The summed E-state index contributed by atoms with van der Waals surface area (Å²) in [7, 11) is 3.84. The molecule has 0 aliphatic carbocycles. The number of carbonyl (C=O) groups excluding carboxylic acids is 1. The molecule has 0 atom stereocenters. The lowest BCUT2D eigenvalue weighted by Crippen LogP contribution is -2.48. The first-order valence-electron chi connectivity index (χ1n) is 6.86. The molecule has 0 saturated carbocycles. The molecule has 2 rings (SSSR count). The number of aryl methyl sites for hydroxylation is 1. The Hall–Kier alpha value is -0.980. The molecule has 21 heavy (non-hydrogen) atoms. The maximum absolute atomic E-state index is 12.0. The third kappa shape index (κ3) is 5.73. The van der Waals surface area contributed by atoms with Crippen LogP contribution in [0.25, 0.3) is 0 Å². The van der Waals surface area contributed by atoms with E-state index in [0.29, 0.717) is 6.42 Å². The lowest BCUT2D eigenvalue weighted by Gasteiger charge is -2.35. The predicted molar refractivity (Wildman–Crippen MR) is 89.7 cm³/mol. The zero-order chi connectivity index (χ0) is 13.7. The highest BCUT2D eigenvalue weighted by molar-refractivity contribution is 5.85. The zero-order valence-corrected chi connectivity index (χ0v) is 14.3. The molecule has 1 saturated heterocycles. The number of piperazine rings is 1. The number of rotatable bonds is 5. The molecule has 6 nitrogen and oxygen atoms in total. The molecule has 8 heteroatoms. The Balaban J connectivity index is 0.00000200. The number of carbonyl (C=O) groups is 1. The summed E-state index contributed by atoms with van der Waals surface area (Å²) in [6, 6.07) is 0. The molecule has 0 spiro atoms. The monoisotopic (exact) mass is 337 g/mol. The van der Waals surface area contributed by atoms with E-state index in [0.717, 1.165) is 44.8 Å². The fraction of sp³-hybridized carbons (Fsp3) is 0.692. The number of aromatic nitrogens is 2. The van der Waals surface area contributed by atoms with Gasteiger partial charge in [-0.05, 0) is 20.0 Å². The molecule has 2 heterocycles. The highest BCUT2D eigenvalue weighted by Crippen LogP contribution is 2.15. The molecular weight excluding hydrogens is 313 g/mol. The Morgan fingerprint density at radius 1 is 1.29 bits per heavy atom. The minimum absolute atomic E-state index is 0. The quantitative estimate of drug-likeness (QED) is 0.811. The molecule has 0 aromatic carbocycles. The van der Waals surface area contributed by atoms with Crippen LogP contribution in [0.4, 0.5) is 5.69 Å². The molecular formula is C13H25Cl2N5O. The Labute approximate surface area is 138 Å². The van der Waals surface area contributed by atoms with Crippen LogP contribution in [-0.4, -0.2) is 60.4 Å². The molecule has 1 amide bonds. The Morgan fingerprint density at radius 3 is 2.48 bits per heavy atom. The summed E-state index contributed by atoms with van der Waals surface area (Å²) >= 11 is 0. The van der Waals surface area contributed by atoms with E-state index < -0.39 is 0 Å². The van der Waals surface area contributed by atoms with Gasteiger partial charge in [-0.3, -0.25) is 9.48 Å². The van der Waals surface area contributed by atoms with Crippen molar-refractivity contribution in [2.75, 3.05) is 44.7 Å². The number of nitrogens with zero attached hydrogens (tertiary/aromatic N) is 4. The van der Waals surface area contributed by atoms with E-state index in [2.05, 4.69) is 15.3 Å². The summed E-state index contributed by atoms with van der Waals surface area (Å²) < 4.78 is 1.81. The van der Waals surface area contributed by atoms with Crippen molar-refractivity contribution in [1.29, 1.82) is 0 Å². The first-order valence-corrected chi connectivity index (χ1v) is 6.86. The first-order chi connectivity index (χ1) is 9.20. The van der Waals surface area contributed by atoms with Crippen LogP contribution in [0.1, 0.15) is 12.8 Å². The average Bonchev–Trinajstić information content (AvgIpc) is 2.86. The molecule has 0 bridgehead atoms. The number of halogens is 2. The first kappa shape index (κ1) is 20.0. The number of nitrogens with one attached hydrogen (secondary N) is 1. The van der Waals surface area contributed by atoms with Crippen molar-refractivity contribution in [3.8, 4) is 0 Å². The van der Waals surface area contributed by atoms with Crippen LogP contribution in [0.5, 0.6) is 0 Å². The van der Waals surface area contributed by atoms with E-state index >= 15 is 0 Å². The molecule has 1 aliphatic heterocycles. The molecule has 0 unspecified atom stereocenters. The van der Waals surface area contributed by atoms with Crippen LogP contribution >= 0.6 is 24.8 Å². The smallest absolute Gasteiger partial charge is 0.222 e. The van der Waals surface area contributed by atoms with Gasteiger partial charge in [-0.1, -0.05) is 0 Å². The van der Waals surface area contributed by atoms with E-state index in [1.54, 1.807) is 0 Å². The molecule has 1 aliphatic rings. The van der Waals surface area contributed by atoms with Gasteiger partial charge >= 0.3 is 0 Å². The normalized spacial score (nSPS) is 14.4. The Kier molecular flexibility index (Phi) is 9.41. The van der Waals surface area contributed by atoms with Gasteiger partial charge in [0.05, 0.1) is 11.9 Å². The zero-order valence-electron chi connectivity index (χ0n) is 12.6. The van der Waals surface area contributed by atoms with Crippen molar-refractivity contribution in [3.63, 3.8) is 0 Å². The van der Waals surface area contributed by atoms with E-state index in [9.17, 15) is 4.79 Å². The number of hydrogen-bond acceptors (Lipinski definition) is 4. The van der Waals surface area contributed by atoms with Gasteiger partial charge < -0.3 is 15.1 Å². The van der Waals surface area contributed by atoms with E-state index in [-0.39, 0.29) is 30.7 Å². The fourth-order valence-corrected chi connectivity index (χ4v) is 2.36. The second-order valence-corrected chi connectivity index (χ2v) is 4.95. The molecule has 1 N–H and O–H groups in total. The summed E-state index contributed by atoms with van der Waals surface area (Å²) in [5.74, 6) is 0.279. The highest BCUT2D eigenvalue weighted by Gasteiger charge is 2.21. The van der Waals surface area contributed by atoms with Gasteiger partial charge in [-0.2, -0.15) is 5.10 Å². The SMILES string of the molecule is CNCCCC(=O)N1CCN(c2cnn(C)c2)CC1.Cl.Cl. The Morgan fingerprint density at radius 2 is 1.95 bits per heavy atom. The molecule has 122 valence electrons. The summed E-state index contributed by atoms with van der Waals surface area (Å²) in [6.07, 6.45) is 5.46. The maximum Gasteiger partial charge on any atom is 0.222 e. The summed E-state index contributed by atoms with van der Waals surface area (Å²) in [6.45, 7) is 4.31. The third-order valence-corrected chi connectivity index (χ3v) is 3.51.